The number of amides is 1. The Morgan fingerprint density at radius 3 is 2.79 bits per heavy atom. The van der Waals surface area contributed by atoms with Gasteiger partial charge in [-0.15, -0.1) is 0 Å². The van der Waals surface area contributed by atoms with Crippen LogP contribution in [0.4, 0.5) is 4.39 Å². The van der Waals surface area contributed by atoms with Crippen LogP contribution >= 0.6 is 0 Å². The Bertz CT molecular complexity index is 566. The van der Waals surface area contributed by atoms with E-state index in [0.29, 0.717) is 5.56 Å². The molecule has 0 spiro atoms. The van der Waals surface area contributed by atoms with Gasteiger partial charge in [0, 0.05) is 12.1 Å². The van der Waals surface area contributed by atoms with E-state index in [2.05, 4.69) is 15.5 Å². The molecule has 1 unspecified atom stereocenters. The molecule has 0 aliphatic heterocycles. The SMILES string of the molecule is CC(O)CNC(=O)c1nc(-c2ccc(F)cc2)no1. The maximum atomic E-state index is 12.8. The van der Waals surface area contributed by atoms with Gasteiger partial charge in [-0.3, -0.25) is 4.79 Å². The second kappa shape index (κ2) is 5.57. The number of carbonyl (C=O) groups excluding carboxylic acids is 1. The zero-order chi connectivity index (χ0) is 13.8. The largest absolute Gasteiger partial charge is 0.392 e. The van der Waals surface area contributed by atoms with Crippen molar-refractivity contribution < 1.29 is 18.8 Å². The fourth-order valence-electron chi connectivity index (χ4n) is 1.35. The summed E-state index contributed by atoms with van der Waals surface area (Å²) in [7, 11) is 0. The smallest absolute Gasteiger partial charge is 0.316 e. The number of aliphatic hydroxyl groups excluding tert-OH is 1. The monoisotopic (exact) mass is 265 g/mol. The third kappa shape index (κ3) is 3.35. The maximum Gasteiger partial charge on any atom is 0.316 e. The number of hydrogen-bond donors (Lipinski definition) is 2. The van der Waals surface area contributed by atoms with Crippen LogP contribution in [-0.2, 0) is 0 Å². The van der Waals surface area contributed by atoms with E-state index in [0.717, 1.165) is 0 Å². The number of aliphatic hydroxyl groups is 1. The second-order valence-electron chi connectivity index (χ2n) is 3.99. The summed E-state index contributed by atoms with van der Waals surface area (Å²) in [6, 6.07) is 5.49. The lowest BCUT2D eigenvalue weighted by Crippen LogP contribution is -2.30. The van der Waals surface area contributed by atoms with Gasteiger partial charge in [-0.1, -0.05) is 5.16 Å². The molecule has 1 aromatic carbocycles. The molecule has 100 valence electrons. The van der Waals surface area contributed by atoms with E-state index >= 15 is 0 Å². The minimum Gasteiger partial charge on any atom is -0.392 e. The van der Waals surface area contributed by atoms with E-state index in [1.807, 2.05) is 0 Å². The first-order valence-electron chi connectivity index (χ1n) is 5.62. The number of benzene rings is 1. The molecule has 7 heteroatoms. The van der Waals surface area contributed by atoms with Crippen LogP contribution in [0, 0.1) is 5.82 Å². The van der Waals surface area contributed by atoms with Gasteiger partial charge in [-0.2, -0.15) is 4.98 Å². The van der Waals surface area contributed by atoms with Crippen LogP contribution in [0.5, 0.6) is 0 Å². The zero-order valence-corrected chi connectivity index (χ0v) is 10.1. The maximum absolute atomic E-state index is 12.8. The molecule has 1 amide bonds. The number of carbonyl (C=O) groups is 1. The summed E-state index contributed by atoms with van der Waals surface area (Å²) in [5.41, 5.74) is 0.541. The van der Waals surface area contributed by atoms with Gasteiger partial charge in [0.1, 0.15) is 5.82 Å². The Morgan fingerprint density at radius 2 is 2.16 bits per heavy atom. The summed E-state index contributed by atoms with van der Waals surface area (Å²) in [6.45, 7) is 1.63. The number of nitrogens with one attached hydrogen (secondary N) is 1. The van der Waals surface area contributed by atoms with Gasteiger partial charge in [-0.05, 0) is 31.2 Å². The predicted octanol–water partition coefficient (Wildman–Crippen LogP) is 0.986. The summed E-state index contributed by atoms with van der Waals surface area (Å²) >= 11 is 0. The minimum atomic E-state index is -0.663. The first kappa shape index (κ1) is 13.2. The summed E-state index contributed by atoms with van der Waals surface area (Å²) < 4.78 is 17.6. The van der Waals surface area contributed by atoms with Crippen molar-refractivity contribution in [3.63, 3.8) is 0 Å². The normalized spacial score (nSPS) is 12.2. The lowest BCUT2D eigenvalue weighted by Gasteiger charge is -2.03. The van der Waals surface area contributed by atoms with Gasteiger partial charge in [-0.25, -0.2) is 4.39 Å². The van der Waals surface area contributed by atoms with Crippen LogP contribution in [0.15, 0.2) is 28.8 Å². The van der Waals surface area contributed by atoms with Crippen LogP contribution in [-0.4, -0.2) is 33.8 Å². The molecule has 0 saturated carbocycles. The van der Waals surface area contributed by atoms with Gasteiger partial charge in [0.15, 0.2) is 0 Å². The molecule has 6 nitrogen and oxygen atoms in total. The Balaban J connectivity index is 2.10. The van der Waals surface area contributed by atoms with Gasteiger partial charge in [0.25, 0.3) is 0 Å². The van der Waals surface area contributed by atoms with Gasteiger partial charge < -0.3 is 14.9 Å². The molecule has 19 heavy (non-hydrogen) atoms. The molecule has 0 saturated heterocycles. The zero-order valence-electron chi connectivity index (χ0n) is 10.1. The molecule has 1 atom stereocenters. The van der Waals surface area contributed by atoms with E-state index < -0.39 is 12.0 Å². The molecule has 1 heterocycles. The highest BCUT2D eigenvalue weighted by Crippen LogP contribution is 2.15. The summed E-state index contributed by atoms with van der Waals surface area (Å²) in [4.78, 5) is 15.5. The van der Waals surface area contributed by atoms with Crippen molar-refractivity contribution in [2.24, 2.45) is 0 Å². The van der Waals surface area contributed by atoms with Crippen molar-refractivity contribution >= 4 is 5.91 Å². The third-order valence-corrected chi connectivity index (χ3v) is 2.28. The summed E-state index contributed by atoms with van der Waals surface area (Å²) in [5, 5.41) is 15.1. The number of aromatic nitrogens is 2. The average molecular weight is 265 g/mol. The Labute approximate surface area is 108 Å². The van der Waals surface area contributed by atoms with E-state index in [-0.39, 0.29) is 24.1 Å². The van der Waals surface area contributed by atoms with Crippen LogP contribution in [0.25, 0.3) is 11.4 Å². The molecule has 0 aliphatic rings. The standard InChI is InChI=1S/C12H12FN3O3/c1-7(17)6-14-11(18)12-15-10(16-19-12)8-2-4-9(13)5-3-8/h2-5,7,17H,6H2,1H3,(H,14,18). The van der Waals surface area contributed by atoms with E-state index in [1.165, 1.54) is 31.2 Å². The lowest BCUT2D eigenvalue weighted by atomic mass is 10.2. The van der Waals surface area contributed by atoms with E-state index in [1.54, 1.807) is 0 Å². The molecule has 1 aromatic heterocycles. The number of halogens is 1. The van der Waals surface area contributed by atoms with Crippen LogP contribution in [0.1, 0.15) is 17.6 Å². The minimum absolute atomic E-state index is 0.0904. The van der Waals surface area contributed by atoms with Crippen molar-refractivity contribution in [1.29, 1.82) is 0 Å². The molecule has 0 bridgehead atoms. The molecular weight excluding hydrogens is 253 g/mol. The highest BCUT2D eigenvalue weighted by atomic mass is 19.1. The number of hydrogen-bond acceptors (Lipinski definition) is 5. The highest BCUT2D eigenvalue weighted by molar-refractivity contribution is 5.89. The fourth-order valence-corrected chi connectivity index (χ4v) is 1.35. The highest BCUT2D eigenvalue weighted by Gasteiger charge is 2.16. The Kier molecular flexibility index (Phi) is 3.86. The number of nitrogens with zero attached hydrogens (tertiary/aromatic N) is 2. The van der Waals surface area contributed by atoms with Crippen LogP contribution in [0.2, 0.25) is 0 Å². The average Bonchev–Trinajstić information content (AvgIpc) is 2.86. The van der Waals surface area contributed by atoms with Crippen molar-refractivity contribution in [3.8, 4) is 11.4 Å². The molecule has 0 fully saturated rings. The third-order valence-electron chi connectivity index (χ3n) is 2.28. The van der Waals surface area contributed by atoms with Crippen LogP contribution in [0.3, 0.4) is 0 Å². The topological polar surface area (TPSA) is 88.2 Å². The summed E-state index contributed by atoms with van der Waals surface area (Å²) in [6.07, 6.45) is -0.663. The summed E-state index contributed by atoms with van der Waals surface area (Å²) in [5.74, 6) is -0.953. The molecule has 2 rings (SSSR count). The lowest BCUT2D eigenvalue weighted by molar-refractivity contribution is 0.0880. The molecule has 2 N–H and O–H groups in total. The molecular formula is C12H12FN3O3. The Morgan fingerprint density at radius 1 is 1.47 bits per heavy atom. The van der Waals surface area contributed by atoms with Crippen molar-refractivity contribution in [3.05, 3.63) is 36.0 Å². The van der Waals surface area contributed by atoms with E-state index in [4.69, 9.17) is 9.63 Å². The molecule has 0 radical (unpaired) electrons. The van der Waals surface area contributed by atoms with Gasteiger partial charge in [0.2, 0.25) is 5.82 Å². The predicted molar refractivity (Wildman–Crippen MR) is 63.7 cm³/mol. The van der Waals surface area contributed by atoms with Crippen molar-refractivity contribution in [2.75, 3.05) is 6.54 Å². The number of rotatable bonds is 4. The fraction of sp³-hybridized carbons (Fsp3) is 0.250. The Hall–Kier alpha value is -2.28. The first-order valence-corrected chi connectivity index (χ1v) is 5.62. The molecule has 0 aliphatic carbocycles. The van der Waals surface area contributed by atoms with Gasteiger partial charge >= 0.3 is 11.8 Å². The second-order valence-corrected chi connectivity index (χ2v) is 3.99. The van der Waals surface area contributed by atoms with Crippen LogP contribution < -0.4 is 5.32 Å². The van der Waals surface area contributed by atoms with E-state index in [9.17, 15) is 9.18 Å². The van der Waals surface area contributed by atoms with Crippen molar-refractivity contribution in [1.82, 2.24) is 15.5 Å². The molecule has 2 aromatic rings. The van der Waals surface area contributed by atoms with Gasteiger partial charge in [0.05, 0.1) is 6.10 Å². The quantitative estimate of drug-likeness (QED) is 0.860. The van der Waals surface area contributed by atoms with Crippen molar-refractivity contribution in [2.45, 2.75) is 13.0 Å². The first-order chi connectivity index (χ1) is 9.06.